The van der Waals surface area contributed by atoms with Crippen molar-refractivity contribution in [2.75, 3.05) is 13.1 Å². The third kappa shape index (κ3) is 3.08. The molecule has 0 spiro atoms. The first-order chi connectivity index (χ1) is 12.0. The fraction of sp³-hybridized carbons (Fsp3) is 0.550. The summed E-state index contributed by atoms with van der Waals surface area (Å²) in [5, 5.41) is 0.687. The Morgan fingerprint density at radius 2 is 2.04 bits per heavy atom. The number of hydrogen-bond donors (Lipinski definition) is 0. The molecule has 0 radical (unpaired) electrons. The van der Waals surface area contributed by atoms with Crippen molar-refractivity contribution in [3.8, 4) is 0 Å². The van der Waals surface area contributed by atoms with Gasteiger partial charge in [-0.05, 0) is 62.6 Å². The van der Waals surface area contributed by atoms with Crippen LogP contribution in [0.5, 0.6) is 0 Å². The number of nitrogens with zero attached hydrogens (tertiary/aromatic N) is 3. The number of likely N-dealkylation sites (tertiary alicyclic amines) is 1. The number of hydrogen-bond acceptors (Lipinski definition) is 3. The standard InChI is InChI=1S/C20H25N3O2/c1-13-5-8-17-18(14(13)2)21-12-23(20(17)25)11-15-4-3-9-22(10-15)19(24)16-6-7-16/h5,8,12,15-16H,3-4,6-7,9-11H2,1-2H3/t15-/m1/s1. The fourth-order valence-corrected chi connectivity index (χ4v) is 3.89. The largest absolute Gasteiger partial charge is 0.342 e. The van der Waals surface area contributed by atoms with Crippen molar-refractivity contribution in [2.24, 2.45) is 11.8 Å². The van der Waals surface area contributed by atoms with Crippen LogP contribution < -0.4 is 5.56 Å². The van der Waals surface area contributed by atoms with Gasteiger partial charge in [0.2, 0.25) is 5.91 Å². The van der Waals surface area contributed by atoms with Gasteiger partial charge in [0.15, 0.2) is 0 Å². The molecule has 0 unspecified atom stereocenters. The Hall–Kier alpha value is -2.17. The lowest BCUT2D eigenvalue weighted by molar-refractivity contribution is -0.134. The van der Waals surface area contributed by atoms with Crippen LogP contribution in [0, 0.1) is 25.7 Å². The van der Waals surface area contributed by atoms with Crippen molar-refractivity contribution in [1.82, 2.24) is 14.5 Å². The zero-order chi connectivity index (χ0) is 17.6. The Balaban J connectivity index is 1.56. The van der Waals surface area contributed by atoms with Gasteiger partial charge in [-0.1, -0.05) is 6.07 Å². The van der Waals surface area contributed by atoms with E-state index in [0.717, 1.165) is 55.4 Å². The maximum atomic E-state index is 12.8. The molecule has 2 aliphatic rings. The third-order valence-electron chi connectivity index (χ3n) is 5.73. The molecular formula is C20H25N3O2. The van der Waals surface area contributed by atoms with Gasteiger partial charge in [0.25, 0.3) is 5.56 Å². The van der Waals surface area contributed by atoms with E-state index in [0.29, 0.717) is 23.8 Å². The Labute approximate surface area is 147 Å². The minimum atomic E-state index is 0.0266. The number of carbonyl (C=O) groups is 1. The highest BCUT2D eigenvalue weighted by molar-refractivity contribution is 5.82. The summed E-state index contributed by atoms with van der Waals surface area (Å²) in [7, 11) is 0. The molecule has 1 aliphatic carbocycles. The van der Waals surface area contributed by atoms with Gasteiger partial charge in [-0.25, -0.2) is 4.98 Å². The molecule has 0 bridgehead atoms. The van der Waals surface area contributed by atoms with E-state index in [9.17, 15) is 9.59 Å². The molecule has 1 saturated carbocycles. The Morgan fingerprint density at radius 1 is 1.24 bits per heavy atom. The number of amides is 1. The molecule has 25 heavy (non-hydrogen) atoms. The number of aryl methyl sites for hydroxylation is 2. The second-order valence-electron chi connectivity index (χ2n) is 7.67. The van der Waals surface area contributed by atoms with Gasteiger partial charge in [-0.15, -0.1) is 0 Å². The molecule has 1 aliphatic heterocycles. The molecule has 1 aromatic carbocycles. The van der Waals surface area contributed by atoms with Gasteiger partial charge in [0.1, 0.15) is 0 Å². The first-order valence-corrected chi connectivity index (χ1v) is 9.28. The quantitative estimate of drug-likeness (QED) is 0.864. The van der Waals surface area contributed by atoms with Crippen LogP contribution in [0.2, 0.25) is 0 Å². The molecule has 1 atom stereocenters. The third-order valence-corrected chi connectivity index (χ3v) is 5.73. The van der Waals surface area contributed by atoms with Crippen molar-refractivity contribution >= 4 is 16.8 Å². The molecule has 1 aromatic heterocycles. The van der Waals surface area contributed by atoms with Crippen LogP contribution in [0.25, 0.3) is 10.9 Å². The monoisotopic (exact) mass is 339 g/mol. The summed E-state index contributed by atoms with van der Waals surface area (Å²) in [6.45, 7) is 6.33. The van der Waals surface area contributed by atoms with E-state index in [1.165, 1.54) is 0 Å². The minimum Gasteiger partial charge on any atom is -0.342 e. The van der Waals surface area contributed by atoms with Gasteiger partial charge in [-0.3, -0.25) is 14.2 Å². The molecule has 132 valence electrons. The molecule has 1 saturated heterocycles. The molecular weight excluding hydrogens is 314 g/mol. The summed E-state index contributed by atoms with van der Waals surface area (Å²) in [5.74, 6) is 0.926. The second-order valence-corrected chi connectivity index (χ2v) is 7.67. The molecule has 4 rings (SSSR count). The summed E-state index contributed by atoms with van der Waals surface area (Å²) in [5.41, 5.74) is 3.05. The highest BCUT2D eigenvalue weighted by atomic mass is 16.2. The number of fused-ring (bicyclic) bond motifs is 1. The number of aromatic nitrogens is 2. The van der Waals surface area contributed by atoms with Crippen molar-refractivity contribution in [1.29, 1.82) is 0 Å². The lowest BCUT2D eigenvalue weighted by Crippen LogP contribution is -2.42. The molecule has 2 fully saturated rings. The SMILES string of the molecule is Cc1ccc2c(=O)n(C[C@@H]3CCCN(C(=O)C4CC4)C3)cnc2c1C. The molecule has 2 heterocycles. The van der Waals surface area contributed by atoms with E-state index in [4.69, 9.17) is 0 Å². The predicted molar refractivity (Wildman–Crippen MR) is 97.5 cm³/mol. The Morgan fingerprint density at radius 3 is 2.80 bits per heavy atom. The summed E-state index contributed by atoms with van der Waals surface area (Å²) in [4.78, 5) is 31.7. The van der Waals surface area contributed by atoms with Crippen molar-refractivity contribution < 1.29 is 4.79 Å². The van der Waals surface area contributed by atoms with Crippen LogP contribution in [0.1, 0.15) is 36.8 Å². The first-order valence-electron chi connectivity index (χ1n) is 9.28. The zero-order valence-electron chi connectivity index (χ0n) is 15.0. The Bertz CT molecular complexity index is 882. The van der Waals surface area contributed by atoms with E-state index in [-0.39, 0.29) is 11.5 Å². The van der Waals surface area contributed by atoms with Crippen LogP contribution in [0.15, 0.2) is 23.3 Å². The highest BCUT2D eigenvalue weighted by Gasteiger charge is 2.35. The predicted octanol–water partition coefficient (Wildman–Crippen LogP) is 2.66. The first kappa shape index (κ1) is 16.3. The van der Waals surface area contributed by atoms with Crippen molar-refractivity contribution in [3.63, 3.8) is 0 Å². The van der Waals surface area contributed by atoms with E-state index < -0.39 is 0 Å². The number of rotatable bonds is 3. The molecule has 1 amide bonds. The average molecular weight is 339 g/mol. The smallest absolute Gasteiger partial charge is 0.261 e. The summed E-state index contributed by atoms with van der Waals surface area (Å²) in [6.07, 6.45) is 5.86. The topological polar surface area (TPSA) is 55.2 Å². The highest BCUT2D eigenvalue weighted by Crippen LogP contribution is 2.32. The number of benzene rings is 1. The summed E-state index contributed by atoms with van der Waals surface area (Å²) >= 11 is 0. The zero-order valence-corrected chi connectivity index (χ0v) is 15.0. The number of piperidine rings is 1. The van der Waals surface area contributed by atoms with Crippen LogP contribution >= 0.6 is 0 Å². The fourth-order valence-electron chi connectivity index (χ4n) is 3.89. The van der Waals surface area contributed by atoms with E-state index >= 15 is 0 Å². The van der Waals surface area contributed by atoms with E-state index in [2.05, 4.69) is 4.98 Å². The van der Waals surface area contributed by atoms with E-state index in [1.54, 1.807) is 10.9 Å². The van der Waals surface area contributed by atoms with Crippen molar-refractivity contribution in [3.05, 3.63) is 39.9 Å². The lowest BCUT2D eigenvalue weighted by atomic mass is 9.97. The molecule has 5 heteroatoms. The molecule has 5 nitrogen and oxygen atoms in total. The molecule has 2 aromatic rings. The lowest BCUT2D eigenvalue weighted by Gasteiger charge is -2.33. The summed E-state index contributed by atoms with van der Waals surface area (Å²) in [6, 6.07) is 3.87. The van der Waals surface area contributed by atoms with Gasteiger partial charge in [-0.2, -0.15) is 0 Å². The van der Waals surface area contributed by atoms with Gasteiger partial charge in [0.05, 0.1) is 17.2 Å². The average Bonchev–Trinajstić information content (AvgIpc) is 3.45. The van der Waals surface area contributed by atoms with Gasteiger partial charge < -0.3 is 4.90 Å². The van der Waals surface area contributed by atoms with E-state index in [1.807, 2.05) is 30.9 Å². The normalized spacial score (nSPS) is 20.9. The summed E-state index contributed by atoms with van der Waals surface area (Å²) < 4.78 is 1.73. The van der Waals surface area contributed by atoms with Crippen LogP contribution in [0.3, 0.4) is 0 Å². The minimum absolute atomic E-state index is 0.0266. The van der Waals surface area contributed by atoms with Crippen LogP contribution in [0.4, 0.5) is 0 Å². The Kier molecular flexibility index (Phi) is 4.10. The number of carbonyl (C=O) groups excluding carboxylic acids is 1. The maximum Gasteiger partial charge on any atom is 0.261 e. The molecule has 0 N–H and O–H groups in total. The van der Waals surface area contributed by atoms with Crippen LogP contribution in [-0.4, -0.2) is 33.4 Å². The second kappa shape index (κ2) is 6.28. The maximum absolute atomic E-state index is 12.8. The van der Waals surface area contributed by atoms with Crippen LogP contribution in [-0.2, 0) is 11.3 Å². The van der Waals surface area contributed by atoms with Gasteiger partial charge in [0, 0.05) is 25.6 Å². The van der Waals surface area contributed by atoms with Crippen molar-refractivity contribution in [2.45, 2.75) is 46.1 Å². The van der Waals surface area contributed by atoms with Gasteiger partial charge >= 0.3 is 0 Å².